The monoisotopic (exact) mass is 523 g/mol. The van der Waals surface area contributed by atoms with Gasteiger partial charge < -0.3 is 29.3 Å². The van der Waals surface area contributed by atoms with Gasteiger partial charge in [-0.05, 0) is 30.2 Å². The number of amides is 1. The van der Waals surface area contributed by atoms with E-state index < -0.39 is 23.5 Å². The number of hydrogen-bond donors (Lipinski definition) is 2. The molecule has 188 valence electrons. The molecule has 0 spiro atoms. The molecule has 8 nitrogen and oxygen atoms in total. The van der Waals surface area contributed by atoms with E-state index in [2.05, 4.69) is 0 Å². The van der Waals surface area contributed by atoms with Crippen LogP contribution in [0.5, 0.6) is 17.2 Å². The maximum absolute atomic E-state index is 13.2. The summed E-state index contributed by atoms with van der Waals surface area (Å²) in [6.07, 6.45) is 1.46. The summed E-state index contributed by atoms with van der Waals surface area (Å²) in [4.78, 5) is 27.7. The molecule has 1 saturated heterocycles. The zero-order chi connectivity index (χ0) is 25.7. The fourth-order valence-corrected chi connectivity index (χ4v) is 4.70. The summed E-state index contributed by atoms with van der Waals surface area (Å²) in [5.74, 6) is -1.39. The van der Waals surface area contributed by atoms with E-state index in [1.54, 1.807) is 24.3 Å². The maximum atomic E-state index is 13.2. The molecule has 1 unspecified atom stereocenters. The number of unbranched alkanes of at least 4 members (excludes halogenated alkanes) is 1. The lowest BCUT2D eigenvalue weighted by Gasteiger charge is -2.26. The number of hydrogen-bond acceptors (Lipinski definition) is 7. The Morgan fingerprint density at radius 1 is 1.11 bits per heavy atom. The number of halogens is 2. The first-order valence-corrected chi connectivity index (χ1v) is 11.8. The SMILES string of the molecule is CCCCN1C(=O)C(=O)/C(=C(/O)c2cc(Cl)c(OC)c(Cl)c2OC)C1c1cccc(OCCO)c1. The van der Waals surface area contributed by atoms with Crippen molar-refractivity contribution in [2.75, 3.05) is 34.0 Å². The van der Waals surface area contributed by atoms with Crippen LogP contribution in [-0.4, -0.2) is 60.8 Å². The van der Waals surface area contributed by atoms with Crippen molar-refractivity contribution in [2.45, 2.75) is 25.8 Å². The summed E-state index contributed by atoms with van der Waals surface area (Å²) < 4.78 is 16.1. The second-order valence-electron chi connectivity index (χ2n) is 7.78. The third-order valence-corrected chi connectivity index (χ3v) is 6.25. The van der Waals surface area contributed by atoms with Gasteiger partial charge in [0.1, 0.15) is 23.1 Å². The average Bonchev–Trinajstić information content (AvgIpc) is 3.10. The summed E-state index contributed by atoms with van der Waals surface area (Å²) in [5, 5.41) is 20.6. The Morgan fingerprint density at radius 2 is 1.83 bits per heavy atom. The first kappa shape index (κ1) is 26.7. The van der Waals surface area contributed by atoms with Gasteiger partial charge in [0.15, 0.2) is 11.5 Å². The van der Waals surface area contributed by atoms with Gasteiger partial charge >= 0.3 is 0 Å². The van der Waals surface area contributed by atoms with Crippen molar-refractivity contribution in [2.24, 2.45) is 0 Å². The number of ether oxygens (including phenoxy) is 3. The van der Waals surface area contributed by atoms with Crippen molar-refractivity contribution >= 4 is 40.7 Å². The van der Waals surface area contributed by atoms with Crippen LogP contribution in [-0.2, 0) is 9.59 Å². The molecular formula is C25H27Cl2NO7. The molecule has 1 aliphatic rings. The molecule has 1 heterocycles. The summed E-state index contributed by atoms with van der Waals surface area (Å²) >= 11 is 12.7. The van der Waals surface area contributed by atoms with Crippen molar-refractivity contribution in [1.82, 2.24) is 4.90 Å². The zero-order valence-electron chi connectivity index (χ0n) is 19.6. The molecule has 2 aromatic carbocycles. The minimum Gasteiger partial charge on any atom is -0.507 e. The molecule has 0 aliphatic carbocycles. The number of rotatable bonds is 10. The molecule has 1 atom stereocenters. The minimum absolute atomic E-state index is 0.0141. The van der Waals surface area contributed by atoms with Crippen molar-refractivity contribution in [1.29, 1.82) is 0 Å². The summed E-state index contributed by atoms with van der Waals surface area (Å²) in [5.41, 5.74) is 0.484. The summed E-state index contributed by atoms with van der Waals surface area (Å²) in [6, 6.07) is 7.30. The number of Topliss-reactive ketones (excluding diaryl/α,β-unsaturated/α-hetero) is 1. The second-order valence-corrected chi connectivity index (χ2v) is 8.56. The Kier molecular flexibility index (Phi) is 8.88. The first-order valence-electron chi connectivity index (χ1n) is 11.0. The van der Waals surface area contributed by atoms with Gasteiger partial charge in [-0.1, -0.05) is 48.7 Å². The highest BCUT2D eigenvalue weighted by Crippen LogP contribution is 2.47. The van der Waals surface area contributed by atoms with Crippen molar-refractivity contribution in [3.63, 3.8) is 0 Å². The van der Waals surface area contributed by atoms with Crippen molar-refractivity contribution in [3.05, 3.63) is 57.1 Å². The van der Waals surface area contributed by atoms with Crippen molar-refractivity contribution in [3.8, 4) is 17.2 Å². The number of carbonyl (C=O) groups is 2. The number of likely N-dealkylation sites (tertiary alicyclic amines) is 1. The van der Waals surface area contributed by atoms with Crippen LogP contribution in [0.2, 0.25) is 10.0 Å². The van der Waals surface area contributed by atoms with Gasteiger partial charge in [0.05, 0.1) is 43.0 Å². The van der Waals surface area contributed by atoms with Crippen LogP contribution in [0.1, 0.15) is 36.9 Å². The molecule has 1 amide bonds. The Morgan fingerprint density at radius 3 is 2.46 bits per heavy atom. The molecule has 0 aromatic heterocycles. The van der Waals surface area contributed by atoms with Gasteiger partial charge in [-0.15, -0.1) is 0 Å². The molecule has 10 heteroatoms. The van der Waals surface area contributed by atoms with Gasteiger partial charge in [0.25, 0.3) is 11.7 Å². The lowest BCUT2D eigenvalue weighted by molar-refractivity contribution is -0.139. The van der Waals surface area contributed by atoms with E-state index in [9.17, 15) is 14.7 Å². The third-order valence-electron chi connectivity index (χ3n) is 5.62. The van der Waals surface area contributed by atoms with Crippen LogP contribution in [0.4, 0.5) is 0 Å². The van der Waals surface area contributed by atoms with Crippen LogP contribution in [0, 0.1) is 0 Å². The van der Waals surface area contributed by atoms with Crippen LogP contribution in [0.15, 0.2) is 35.9 Å². The molecule has 3 rings (SSSR count). The highest BCUT2D eigenvalue weighted by molar-refractivity contribution is 6.47. The topological polar surface area (TPSA) is 106 Å². The Balaban J connectivity index is 2.25. The van der Waals surface area contributed by atoms with Gasteiger partial charge in [-0.3, -0.25) is 9.59 Å². The summed E-state index contributed by atoms with van der Waals surface area (Å²) in [6.45, 7) is 2.20. The molecule has 0 saturated carbocycles. The molecule has 0 bridgehead atoms. The smallest absolute Gasteiger partial charge is 0.295 e. The highest BCUT2D eigenvalue weighted by atomic mass is 35.5. The largest absolute Gasteiger partial charge is 0.507 e. The van der Waals surface area contributed by atoms with Gasteiger partial charge in [0, 0.05) is 6.54 Å². The minimum atomic E-state index is -0.886. The maximum Gasteiger partial charge on any atom is 0.295 e. The number of aliphatic hydroxyl groups excluding tert-OH is 2. The van der Waals surface area contributed by atoms with Crippen LogP contribution in [0.3, 0.4) is 0 Å². The van der Waals surface area contributed by atoms with Gasteiger partial charge in [-0.25, -0.2) is 0 Å². The molecule has 1 aliphatic heterocycles. The standard InChI is InChI=1S/C25H27Cl2NO7/c1-4-5-9-28-20(14-7-6-8-15(12-14)35-11-10-29)18(22(31)25(28)32)21(30)16-13-17(26)24(34-3)19(27)23(16)33-2/h6-8,12-13,20,29-30H,4-5,9-11H2,1-3H3/b21-18+. The van der Waals surface area contributed by atoms with E-state index in [1.807, 2.05) is 6.92 Å². The highest BCUT2D eigenvalue weighted by Gasteiger charge is 2.46. The van der Waals surface area contributed by atoms with Crippen LogP contribution < -0.4 is 14.2 Å². The molecule has 35 heavy (non-hydrogen) atoms. The fourth-order valence-electron chi connectivity index (χ4n) is 4.02. The van der Waals surface area contributed by atoms with E-state index in [0.29, 0.717) is 24.3 Å². The van der Waals surface area contributed by atoms with Gasteiger partial charge in [0.2, 0.25) is 0 Å². The van der Waals surface area contributed by atoms with E-state index in [0.717, 1.165) is 6.42 Å². The van der Waals surface area contributed by atoms with E-state index >= 15 is 0 Å². The molecule has 2 aromatic rings. The van der Waals surface area contributed by atoms with E-state index in [1.165, 1.54) is 25.2 Å². The van der Waals surface area contributed by atoms with Crippen LogP contribution >= 0.6 is 23.2 Å². The number of ketones is 1. The Bertz CT molecular complexity index is 1150. The number of nitrogens with zero attached hydrogens (tertiary/aromatic N) is 1. The Labute approximate surface area is 213 Å². The third kappa shape index (κ3) is 5.19. The van der Waals surface area contributed by atoms with Crippen molar-refractivity contribution < 1.29 is 34.0 Å². The predicted octanol–water partition coefficient (Wildman–Crippen LogP) is 4.60. The predicted molar refractivity (Wildman–Crippen MR) is 133 cm³/mol. The second kappa shape index (κ2) is 11.7. The van der Waals surface area contributed by atoms with E-state index in [4.69, 9.17) is 42.5 Å². The number of aliphatic hydroxyl groups is 2. The molecular weight excluding hydrogens is 497 g/mol. The molecule has 0 radical (unpaired) electrons. The summed E-state index contributed by atoms with van der Waals surface area (Å²) in [7, 11) is 2.74. The number of benzene rings is 2. The van der Waals surface area contributed by atoms with E-state index in [-0.39, 0.29) is 45.9 Å². The molecule has 2 N–H and O–H groups in total. The fraction of sp³-hybridized carbons (Fsp3) is 0.360. The van der Waals surface area contributed by atoms with Crippen LogP contribution in [0.25, 0.3) is 5.76 Å². The number of methoxy groups -OCH3 is 2. The zero-order valence-corrected chi connectivity index (χ0v) is 21.2. The normalized spacial score (nSPS) is 17.1. The Hall–Kier alpha value is -2.94. The lowest BCUT2D eigenvalue weighted by Crippen LogP contribution is -2.30. The first-order chi connectivity index (χ1) is 16.8. The van der Waals surface area contributed by atoms with Gasteiger partial charge in [-0.2, -0.15) is 0 Å². The quantitative estimate of drug-likeness (QED) is 0.266. The average molecular weight is 524 g/mol. The number of carbonyl (C=O) groups excluding carboxylic acids is 2. The lowest BCUT2D eigenvalue weighted by atomic mass is 9.94. The molecule has 1 fully saturated rings.